The number of carbonyl (C=O) groups is 1. The summed E-state index contributed by atoms with van der Waals surface area (Å²) >= 11 is 2.04. The number of hydrogen-bond donors (Lipinski definition) is 1. The first-order valence-corrected chi connectivity index (χ1v) is 8.10. The lowest BCUT2D eigenvalue weighted by molar-refractivity contribution is -0.129. The van der Waals surface area contributed by atoms with Crippen LogP contribution in [0, 0.1) is 11.8 Å². The van der Waals surface area contributed by atoms with Crippen LogP contribution in [0.2, 0.25) is 0 Å². The third-order valence-electron chi connectivity index (χ3n) is 4.44. The first-order valence-electron chi connectivity index (χ1n) is 6.95. The monoisotopic (exact) mass is 254 g/mol. The van der Waals surface area contributed by atoms with Crippen LogP contribution in [-0.4, -0.2) is 41.6 Å². The summed E-state index contributed by atoms with van der Waals surface area (Å²) < 4.78 is 0. The molecule has 0 radical (unpaired) electrons. The molecule has 2 saturated heterocycles. The van der Waals surface area contributed by atoms with Gasteiger partial charge in [0.1, 0.15) is 0 Å². The lowest BCUT2D eigenvalue weighted by atomic mass is 10.0. The van der Waals surface area contributed by atoms with Gasteiger partial charge >= 0.3 is 0 Å². The summed E-state index contributed by atoms with van der Waals surface area (Å²) in [6.07, 6.45) is 6.97. The van der Waals surface area contributed by atoms with Crippen LogP contribution in [0.4, 0.5) is 0 Å². The molecule has 0 aromatic heterocycles. The van der Waals surface area contributed by atoms with Crippen molar-refractivity contribution >= 4 is 17.7 Å². The minimum Gasteiger partial charge on any atom is -0.325 e. The summed E-state index contributed by atoms with van der Waals surface area (Å²) in [7, 11) is 0. The Labute approximate surface area is 108 Å². The quantitative estimate of drug-likeness (QED) is 0.832. The molecular weight excluding hydrogens is 232 g/mol. The Morgan fingerprint density at radius 3 is 2.82 bits per heavy atom. The van der Waals surface area contributed by atoms with Crippen LogP contribution in [0.1, 0.15) is 32.1 Å². The van der Waals surface area contributed by atoms with Crippen molar-refractivity contribution in [3.8, 4) is 0 Å². The van der Waals surface area contributed by atoms with Gasteiger partial charge in [-0.25, -0.2) is 0 Å². The van der Waals surface area contributed by atoms with E-state index in [0.717, 1.165) is 18.4 Å². The summed E-state index contributed by atoms with van der Waals surface area (Å²) in [6, 6.07) is 0. The highest BCUT2D eigenvalue weighted by molar-refractivity contribution is 7.99. The second kappa shape index (κ2) is 5.19. The van der Waals surface area contributed by atoms with Crippen LogP contribution >= 0.6 is 11.8 Å². The number of hydrogen-bond acceptors (Lipinski definition) is 3. The molecule has 3 nitrogen and oxygen atoms in total. The Bertz CT molecular complexity index is 285. The van der Waals surface area contributed by atoms with Gasteiger partial charge in [-0.3, -0.25) is 10.1 Å². The van der Waals surface area contributed by atoms with Crippen molar-refractivity contribution in [2.75, 3.05) is 24.6 Å². The average molecular weight is 254 g/mol. The SMILES string of the molecule is O=C1CNC(C2CCCC2)N1CC1CCSC1. The molecule has 4 heteroatoms. The van der Waals surface area contributed by atoms with E-state index in [1.54, 1.807) is 0 Å². The number of amides is 1. The van der Waals surface area contributed by atoms with Gasteiger partial charge < -0.3 is 4.90 Å². The highest BCUT2D eigenvalue weighted by atomic mass is 32.2. The van der Waals surface area contributed by atoms with Crippen molar-refractivity contribution in [3.05, 3.63) is 0 Å². The van der Waals surface area contributed by atoms with Gasteiger partial charge in [-0.15, -0.1) is 0 Å². The Morgan fingerprint density at radius 2 is 2.12 bits per heavy atom. The molecular formula is C13H22N2OS. The maximum atomic E-state index is 12.0. The Hall–Kier alpha value is -0.220. The normalized spacial score (nSPS) is 35.1. The van der Waals surface area contributed by atoms with Gasteiger partial charge in [0.2, 0.25) is 5.91 Å². The summed E-state index contributed by atoms with van der Waals surface area (Å²) in [5.74, 6) is 4.33. The van der Waals surface area contributed by atoms with Crippen LogP contribution in [0.15, 0.2) is 0 Å². The summed E-state index contributed by atoms with van der Waals surface area (Å²) in [5, 5.41) is 3.44. The first-order chi connectivity index (χ1) is 8.34. The zero-order valence-corrected chi connectivity index (χ0v) is 11.2. The topological polar surface area (TPSA) is 32.3 Å². The fourth-order valence-electron chi connectivity index (χ4n) is 3.47. The van der Waals surface area contributed by atoms with E-state index in [4.69, 9.17) is 0 Å². The van der Waals surface area contributed by atoms with Crippen molar-refractivity contribution in [2.45, 2.75) is 38.3 Å². The number of rotatable bonds is 3. The molecule has 1 aliphatic carbocycles. The largest absolute Gasteiger partial charge is 0.325 e. The smallest absolute Gasteiger partial charge is 0.237 e. The molecule has 96 valence electrons. The second-order valence-corrected chi connectivity index (χ2v) is 6.80. The lowest BCUT2D eigenvalue weighted by Crippen LogP contribution is -2.44. The maximum absolute atomic E-state index is 12.0. The van der Waals surface area contributed by atoms with Crippen LogP contribution in [0.3, 0.4) is 0 Å². The van der Waals surface area contributed by atoms with Crippen LogP contribution < -0.4 is 5.32 Å². The molecule has 0 spiro atoms. The molecule has 2 heterocycles. The molecule has 1 amide bonds. The second-order valence-electron chi connectivity index (χ2n) is 5.65. The molecule has 3 aliphatic rings. The van der Waals surface area contributed by atoms with Gasteiger partial charge in [0.25, 0.3) is 0 Å². The van der Waals surface area contributed by atoms with Gasteiger partial charge in [-0.1, -0.05) is 12.8 Å². The van der Waals surface area contributed by atoms with Gasteiger partial charge in [-0.2, -0.15) is 11.8 Å². The standard InChI is InChI=1S/C13H22N2OS/c16-12-7-14-13(11-3-1-2-4-11)15(12)8-10-5-6-17-9-10/h10-11,13-14H,1-9H2. The summed E-state index contributed by atoms with van der Waals surface area (Å²) in [6.45, 7) is 1.57. The van der Waals surface area contributed by atoms with Crippen LogP contribution in [0.5, 0.6) is 0 Å². The van der Waals surface area contributed by atoms with Gasteiger partial charge in [-0.05, 0) is 42.6 Å². The third kappa shape index (κ3) is 2.48. The summed E-state index contributed by atoms with van der Waals surface area (Å²) in [4.78, 5) is 14.1. The number of thioether (sulfide) groups is 1. The highest BCUT2D eigenvalue weighted by Crippen LogP contribution is 2.32. The predicted octanol–water partition coefficient (Wildman–Crippen LogP) is 1.69. The Morgan fingerprint density at radius 1 is 1.29 bits per heavy atom. The minimum absolute atomic E-state index is 0.332. The molecule has 17 heavy (non-hydrogen) atoms. The van der Waals surface area contributed by atoms with E-state index in [9.17, 15) is 4.79 Å². The highest BCUT2D eigenvalue weighted by Gasteiger charge is 2.38. The van der Waals surface area contributed by atoms with E-state index in [2.05, 4.69) is 10.2 Å². The van der Waals surface area contributed by atoms with E-state index in [-0.39, 0.29) is 0 Å². The molecule has 2 atom stereocenters. The van der Waals surface area contributed by atoms with Crippen molar-refractivity contribution in [1.29, 1.82) is 0 Å². The van der Waals surface area contributed by atoms with Gasteiger partial charge in [0.15, 0.2) is 0 Å². The molecule has 3 fully saturated rings. The zero-order chi connectivity index (χ0) is 11.7. The van der Waals surface area contributed by atoms with E-state index < -0.39 is 0 Å². The Kier molecular flexibility index (Phi) is 3.61. The predicted molar refractivity (Wildman–Crippen MR) is 70.9 cm³/mol. The lowest BCUT2D eigenvalue weighted by Gasteiger charge is -2.30. The molecule has 1 N–H and O–H groups in total. The third-order valence-corrected chi connectivity index (χ3v) is 5.68. The van der Waals surface area contributed by atoms with Crippen molar-refractivity contribution in [2.24, 2.45) is 11.8 Å². The van der Waals surface area contributed by atoms with E-state index in [1.807, 2.05) is 11.8 Å². The zero-order valence-electron chi connectivity index (χ0n) is 10.4. The first kappa shape index (κ1) is 11.8. The molecule has 0 aromatic carbocycles. The number of carbonyl (C=O) groups excluding carboxylic acids is 1. The number of nitrogens with one attached hydrogen (secondary N) is 1. The molecule has 2 unspecified atom stereocenters. The average Bonchev–Trinajstić information content (AvgIpc) is 3.03. The van der Waals surface area contributed by atoms with Crippen molar-refractivity contribution in [1.82, 2.24) is 10.2 Å². The fourth-order valence-corrected chi connectivity index (χ4v) is 4.75. The maximum Gasteiger partial charge on any atom is 0.237 e. The summed E-state index contributed by atoms with van der Waals surface area (Å²) in [5.41, 5.74) is 0. The van der Waals surface area contributed by atoms with Gasteiger partial charge in [0.05, 0.1) is 12.7 Å². The van der Waals surface area contributed by atoms with Crippen LogP contribution in [0.25, 0.3) is 0 Å². The fraction of sp³-hybridized carbons (Fsp3) is 0.923. The van der Waals surface area contributed by atoms with Crippen molar-refractivity contribution in [3.63, 3.8) is 0 Å². The van der Waals surface area contributed by atoms with E-state index in [0.29, 0.717) is 18.6 Å². The Balaban J connectivity index is 1.63. The van der Waals surface area contributed by atoms with Crippen LogP contribution in [-0.2, 0) is 4.79 Å². The molecule has 0 aromatic rings. The van der Waals surface area contributed by atoms with Crippen molar-refractivity contribution < 1.29 is 4.79 Å². The number of nitrogens with zero attached hydrogens (tertiary/aromatic N) is 1. The molecule has 3 rings (SSSR count). The molecule has 1 saturated carbocycles. The van der Waals surface area contributed by atoms with Gasteiger partial charge in [0, 0.05) is 6.54 Å². The van der Waals surface area contributed by atoms with E-state index >= 15 is 0 Å². The van der Waals surface area contributed by atoms with E-state index in [1.165, 1.54) is 43.6 Å². The molecule has 0 bridgehead atoms. The molecule has 2 aliphatic heterocycles. The minimum atomic E-state index is 0.332.